The highest BCUT2D eigenvalue weighted by Gasteiger charge is 2.07. The second-order valence-electron chi connectivity index (χ2n) is 1.51. The Morgan fingerprint density at radius 2 is 2.00 bits per heavy atom. The molecule has 7 heavy (non-hydrogen) atoms. The Morgan fingerprint density at radius 1 is 1.43 bits per heavy atom. The van der Waals surface area contributed by atoms with Crippen molar-refractivity contribution in [3.8, 4) is 0 Å². The molecule has 1 fully saturated rings. The summed E-state index contributed by atoms with van der Waals surface area (Å²) in [6.45, 7) is 1.99. The highest BCUT2D eigenvalue weighted by molar-refractivity contribution is 4.66. The minimum absolute atomic E-state index is 0.125. The van der Waals surface area contributed by atoms with Crippen LogP contribution in [0.3, 0.4) is 0 Å². The molecule has 1 rings (SSSR count). The maximum atomic E-state index is 5.06. The zero-order valence-electron chi connectivity index (χ0n) is 4.07. The molecule has 0 aromatic rings. The Hall–Kier alpha value is -0.160. The summed E-state index contributed by atoms with van der Waals surface area (Å²) < 4.78 is 0. The van der Waals surface area contributed by atoms with Crippen molar-refractivity contribution in [1.82, 2.24) is 16.1 Å². The molecular formula is C3H10N4. The minimum atomic E-state index is 0.125. The molecule has 0 aliphatic carbocycles. The third-order valence-corrected chi connectivity index (χ3v) is 0.989. The van der Waals surface area contributed by atoms with E-state index >= 15 is 0 Å². The minimum Gasteiger partial charge on any atom is -0.287 e. The summed E-state index contributed by atoms with van der Waals surface area (Å²) in [5.74, 6) is 5.06. The Balaban J connectivity index is 2.14. The fourth-order valence-corrected chi connectivity index (χ4v) is 0.623. The monoisotopic (exact) mass is 102 g/mol. The summed E-state index contributed by atoms with van der Waals surface area (Å²) in [4.78, 5) is 0. The predicted octanol–water partition coefficient (Wildman–Crippen LogP) is -2.07. The van der Waals surface area contributed by atoms with Crippen LogP contribution in [0.4, 0.5) is 0 Å². The van der Waals surface area contributed by atoms with Crippen molar-refractivity contribution >= 4 is 0 Å². The molecule has 0 saturated carbocycles. The Bertz CT molecular complexity index is 48.9. The second kappa shape index (κ2) is 2.23. The van der Waals surface area contributed by atoms with Crippen molar-refractivity contribution in [2.45, 2.75) is 6.29 Å². The van der Waals surface area contributed by atoms with Crippen molar-refractivity contribution < 1.29 is 0 Å². The molecular weight excluding hydrogens is 92.1 g/mol. The molecule has 0 radical (unpaired) electrons. The quantitative estimate of drug-likeness (QED) is 0.227. The van der Waals surface area contributed by atoms with Gasteiger partial charge in [0.15, 0.2) is 0 Å². The van der Waals surface area contributed by atoms with E-state index in [1.165, 1.54) is 0 Å². The third-order valence-electron chi connectivity index (χ3n) is 0.989. The fraction of sp³-hybridized carbons (Fsp3) is 1.00. The van der Waals surface area contributed by atoms with E-state index in [2.05, 4.69) is 16.1 Å². The van der Waals surface area contributed by atoms with Crippen LogP contribution in [0.15, 0.2) is 0 Å². The van der Waals surface area contributed by atoms with Gasteiger partial charge in [-0.25, -0.2) is 5.43 Å². The van der Waals surface area contributed by atoms with Gasteiger partial charge in [-0.15, -0.1) is 0 Å². The maximum Gasteiger partial charge on any atom is 0.124 e. The molecule has 4 heteroatoms. The van der Waals surface area contributed by atoms with E-state index in [0.29, 0.717) is 0 Å². The molecule has 1 aliphatic rings. The highest BCUT2D eigenvalue weighted by Crippen LogP contribution is 1.74. The topological polar surface area (TPSA) is 62.1 Å². The van der Waals surface area contributed by atoms with E-state index in [0.717, 1.165) is 13.1 Å². The molecule has 0 aromatic heterocycles. The van der Waals surface area contributed by atoms with E-state index in [9.17, 15) is 0 Å². The Labute approximate surface area is 42.4 Å². The third kappa shape index (κ3) is 1.10. The van der Waals surface area contributed by atoms with Crippen LogP contribution in [0.1, 0.15) is 0 Å². The molecule has 0 atom stereocenters. The first-order valence-electron chi connectivity index (χ1n) is 2.36. The first-order valence-corrected chi connectivity index (χ1v) is 2.36. The molecule has 1 aliphatic heterocycles. The van der Waals surface area contributed by atoms with Crippen LogP contribution >= 0.6 is 0 Å². The number of nitrogens with one attached hydrogen (secondary N) is 3. The molecule has 0 unspecified atom stereocenters. The molecule has 5 N–H and O–H groups in total. The van der Waals surface area contributed by atoms with Crippen LogP contribution in [-0.4, -0.2) is 19.4 Å². The van der Waals surface area contributed by atoms with Crippen LogP contribution in [0, 0.1) is 0 Å². The largest absolute Gasteiger partial charge is 0.287 e. The SMILES string of the molecule is NNC1NCCN1. The molecule has 4 nitrogen and oxygen atoms in total. The standard InChI is InChI=1S/C3H10N4/c4-7-3-5-1-2-6-3/h3,5-7H,1-2,4H2. The second-order valence-corrected chi connectivity index (χ2v) is 1.51. The van der Waals surface area contributed by atoms with Crippen LogP contribution in [-0.2, 0) is 0 Å². The lowest BCUT2D eigenvalue weighted by Crippen LogP contribution is -2.48. The fourth-order valence-electron chi connectivity index (χ4n) is 0.623. The van der Waals surface area contributed by atoms with Crippen LogP contribution < -0.4 is 21.9 Å². The number of hydrazine groups is 1. The van der Waals surface area contributed by atoms with Gasteiger partial charge >= 0.3 is 0 Å². The van der Waals surface area contributed by atoms with Gasteiger partial charge in [-0.05, 0) is 0 Å². The van der Waals surface area contributed by atoms with Gasteiger partial charge in [0.05, 0.1) is 0 Å². The van der Waals surface area contributed by atoms with Gasteiger partial charge in [0.25, 0.3) is 0 Å². The first kappa shape index (κ1) is 4.99. The molecule has 0 aromatic carbocycles. The summed E-state index contributed by atoms with van der Waals surface area (Å²) in [7, 11) is 0. The number of hydrogen-bond donors (Lipinski definition) is 4. The molecule has 0 spiro atoms. The van der Waals surface area contributed by atoms with Crippen molar-refractivity contribution in [1.29, 1.82) is 0 Å². The van der Waals surface area contributed by atoms with Gasteiger partial charge in [0, 0.05) is 13.1 Å². The lowest BCUT2D eigenvalue weighted by atomic mass is 10.7. The molecule has 0 amide bonds. The van der Waals surface area contributed by atoms with Crippen molar-refractivity contribution in [3.63, 3.8) is 0 Å². The lowest BCUT2D eigenvalue weighted by molar-refractivity contribution is 0.457. The van der Waals surface area contributed by atoms with E-state index in [-0.39, 0.29) is 6.29 Å². The smallest absolute Gasteiger partial charge is 0.124 e. The number of nitrogens with two attached hydrogens (primary N) is 1. The van der Waals surface area contributed by atoms with Crippen LogP contribution in [0.5, 0.6) is 0 Å². The molecule has 0 bridgehead atoms. The number of rotatable bonds is 1. The molecule has 1 saturated heterocycles. The van der Waals surface area contributed by atoms with Gasteiger partial charge < -0.3 is 0 Å². The van der Waals surface area contributed by atoms with E-state index in [1.54, 1.807) is 0 Å². The average Bonchev–Trinajstić information content (AvgIpc) is 2.14. The van der Waals surface area contributed by atoms with Crippen molar-refractivity contribution in [3.05, 3.63) is 0 Å². The van der Waals surface area contributed by atoms with E-state index in [4.69, 9.17) is 5.84 Å². The summed E-state index contributed by atoms with van der Waals surface area (Å²) >= 11 is 0. The highest BCUT2D eigenvalue weighted by atomic mass is 15.4. The normalized spacial score (nSPS) is 23.6. The average molecular weight is 102 g/mol. The van der Waals surface area contributed by atoms with Gasteiger partial charge in [-0.1, -0.05) is 0 Å². The van der Waals surface area contributed by atoms with Crippen LogP contribution in [0.2, 0.25) is 0 Å². The summed E-state index contributed by atoms with van der Waals surface area (Å²) in [6, 6.07) is 0. The van der Waals surface area contributed by atoms with Gasteiger partial charge in [0.2, 0.25) is 0 Å². The van der Waals surface area contributed by atoms with Gasteiger partial charge in [-0.3, -0.25) is 16.5 Å². The summed E-state index contributed by atoms with van der Waals surface area (Å²) in [5.41, 5.74) is 2.54. The molecule has 1 heterocycles. The molecule has 42 valence electrons. The van der Waals surface area contributed by atoms with E-state index < -0.39 is 0 Å². The zero-order chi connectivity index (χ0) is 5.11. The van der Waals surface area contributed by atoms with Crippen molar-refractivity contribution in [2.75, 3.05) is 13.1 Å². The maximum absolute atomic E-state index is 5.06. The van der Waals surface area contributed by atoms with Crippen LogP contribution in [0.25, 0.3) is 0 Å². The predicted molar refractivity (Wildman–Crippen MR) is 27.1 cm³/mol. The van der Waals surface area contributed by atoms with E-state index in [1.807, 2.05) is 0 Å². The number of hydrogen-bond acceptors (Lipinski definition) is 4. The summed E-state index contributed by atoms with van der Waals surface area (Å²) in [5, 5.41) is 6.12. The van der Waals surface area contributed by atoms with Gasteiger partial charge in [-0.2, -0.15) is 0 Å². The first-order chi connectivity index (χ1) is 3.43. The Morgan fingerprint density at radius 3 is 2.29 bits per heavy atom. The van der Waals surface area contributed by atoms with Gasteiger partial charge in [0.1, 0.15) is 6.29 Å². The van der Waals surface area contributed by atoms with Crippen molar-refractivity contribution in [2.24, 2.45) is 5.84 Å². The Kier molecular flexibility index (Phi) is 1.59. The lowest BCUT2D eigenvalue weighted by Gasteiger charge is -2.05. The zero-order valence-corrected chi connectivity index (χ0v) is 4.07. The summed E-state index contributed by atoms with van der Waals surface area (Å²) in [6.07, 6.45) is 0.125.